The van der Waals surface area contributed by atoms with Crippen molar-refractivity contribution in [1.82, 2.24) is 24.6 Å². The molecular weight excluding hydrogens is 497 g/mol. The van der Waals surface area contributed by atoms with E-state index in [2.05, 4.69) is 20.0 Å². The smallest absolute Gasteiger partial charge is 0.379 e. The van der Waals surface area contributed by atoms with Gasteiger partial charge in [0.1, 0.15) is 5.69 Å². The minimum Gasteiger partial charge on any atom is -0.379 e. The summed E-state index contributed by atoms with van der Waals surface area (Å²) >= 11 is 0. The predicted molar refractivity (Wildman–Crippen MR) is 135 cm³/mol. The molecule has 0 spiro atoms. The van der Waals surface area contributed by atoms with Crippen LogP contribution in [0.15, 0.2) is 48.8 Å². The number of hydrogen-bond donors (Lipinski definition) is 0. The molecule has 0 unspecified atom stereocenters. The summed E-state index contributed by atoms with van der Waals surface area (Å²) in [6.07, 6.45) is -1.23. The summed E-state index contributed by atoms with van der Waals surface area (Å²) < 4.78 is 46.3. The number of amides is 1. The van der Waals surface area contributed by atoms with Crippen LogP contribution in [-0.4, -0.2) is 63.4 Å². The molecular formula is C27H25F3N6O2. The van der Waals surface area contributed by atoms with Gasteiger partial charge in [0.15, 0.2) is 5.82 Å². The van der Waals surface area contributed by atoms with Gasteiger partial charge in [0.05, 0.1) is 37.0 Å². The molecule has 2 aliphatic heterocycles. The van der Waals surface area contributed by atoms with Crippen molar-refractivity contribution >= 4 is 22.5 Å². The second-order valence-corrected chi connectivity index (χ2v) is 9.55. The van der Waals surface area contributed by atoms with E-state index in [4.69, 9.17) is 4.74 Å². The summed E-state index contributed by atoms with van der Waals surface area (Å²) in [7, 11) is 0. The Kier molecular flexibility index (Phi) is 6.11. The quantitative estimate of drug-likeness (QED) is 0.398. The van der Waals surface area contributed by atoms with Crippen LogP contribution >= 0.6 is 0 Å². The number of aromatic nitrogens is 4. The van der Waals surface area contributed by atoms with E-state index >= 15 is 0 Å². The molecule has 1 saturated heterocycles. The maximum atomic E-state index is 13.6. The van der Waals surface area contributed by atoms with E-state index in [0.717, 1.165) is 47.6 Å². The average Bonchev–Trinajstić information content (AvgIpc) is 3.32. The topological polar surface area (TPSA) is 76.4 Å². The van der Waals surface area contributed by atoms with E-state index in [9.17, 15) is 18.0 Å². The molecule has 0 radical (unpaired) electrons. The van der Waals surface area contributed by atoms with Crippen LogP contribution < -0.4 is 4.90 Å². The Morgan fingerprint density at radius 1 is 1.00 bits per heavy atom. The minimum absolute atomic E-state index is 0.0877. The Hall–Kier alpha value is -3.83. The number of halogens is 3. The summed E-state index contributed by atoms with van der Waals surface area (Å²) in [5.74, 6) is 0.318. The van der Waals surface area contributed by atoms with E-state index in [1.807, 2.05) is 25.1 Å². The minimum atomic E-state index is -4.42. The standard InChI is InChI=1S/C27H25F3N6O2/c1-17-12-18(25-31-14-19-13-21(27(28,29)30)3-4-22(19)33-25)2-5-23(17)35-6-7-36-24(26(35)37)20(15-32-36)16-34-8-10-38-11-9-34/h2-5,12-15H,6-11,16H2,1H3. The van der Waals surface area contributed by atoms with Crippen LogP contribution in [0.2, 0.25) is 0 Å². The van der Waals surface area contributed by atoms with Gasteiger partial charge in [-0.1, -0.05) is 0 Å². The molecule has 8 nitrogen and oxygen atoms in total. The number of alkyl halides is 3. The fourth-order valence-electron chi connectivity index (χ4n) is 5.06. The molecule has 2 aliphatic rings. The predicted octanol–water partition coefficient (Wildman–Crippen LogP) is 4.31. The fraction of sp³-hybridized carbons (Fsp3) is 0.333. The number of carbonyl (C=O) groups excluding carboxylic acids is 1. The molecule has 196 valence electrons. The zero-order valence-electron chi connectivity index (χ0n) is 20.7. The molecule has 4 aromatic rings. The molecule has 0 N–H and O–H groups in total. The molecule has 11 heteroatoms. The van der Waals surface area contributed by atoms with E-state index < -0.39 is 11.7 Å². The Morgan fingerprint density at radius 3 is 2.58 bits per heavy atom. The molecule has 0 aliphatic carbocycles. The van der Waals surface area contributed by atoms with Crippen LogP contribution in [0.3, 0.4) is 0 Å². The normalized spacial score (nSPS) is 16.7. The maximum Gasteiger partial charge on any atom is 0.416 e. The van der Waals surface area contributed by atoms with Crippen LogP contribution in [0, 0.1) is 6.92 Å². The summed E-state index contributed by atoms with van der Waals surface area (Å²) in [5.41, 5.74) is 3.60. The third-order valence-corrected chi connectivity index (χ3v) is 7.05. The lowest BCUT2D eigenvalue weighted by atomic mass is 10.1. The zero-order chi connectivity index (χ0) is 26.4. The van der Waals surface area contributed by atoms with Crippen molar-refractivity contribution in [2.24, 2.45) is 0 Å². The average molecular weight is 523 g/mol. The van der Waals surface area contributed by atoms with E-state index in [1.54, 1.807) is 15.8 Å². The van der Waals surface area contributed by atoms with Crippen LogP contribution in [-0.2, 0) is 24.0 Å². The van der Waals surface area contributed by atoms with Crippen LogP contribution in [0.1, 0.15) is 27.2 Å². The van der Waals surface area contributed by atoms with Gasteiger partial charge in [0.25, 0.3) is 5.91 Å². The third kappa shape index (κ3) is 4.52. The Labute approximate surface area is 216 Å². The number of anilines is 1. The molecule has 0 atom stereocenters. The van der Waals surface area contributed by atoms with Gasteiger partial charge in [-0.25, -0.2) is 9.97 Å². The molecule has 1 fully saturated rings. The highest BCUT2D eigenvalue weighted by molar-refractivity contribution is 6.07. The number of morpholine rings is 1. The van der Waals surface area contributed by atoms with Crippen molar-refractivity contribution in [3.05, 3.63) is 71.2 Å². The monoisotopic (exact) mass is 522 g/mol. The first-order valence-electron chi connectivity index (χ1n) is 12.4. The summed E-state index contributed by atoms with van der Waals surface area (Å²) in [6, 6.07) is 9.03. The lowest BCUT2D eigenvalue weighted by molar-refractivity contribution is -0.137. The van der Waals surface area contributed by atoms with Gasteiger partial charge >= 0.3 is 6.18 Å². The lowest BCUT2D eigenvalue weighted by Crippen LogP contribution is -2.42. The van der Waals surface area contributed by atoms with Gasteiger partial charge in [-0.2, -0.15) is 18.3 Å². The molecule has 0 bridgehead atoms. The maximum absolute atomic E-state index is 13.6. The SMILES string of the molecule is Cc1cc(-c2ncc3cc(C(F)(F)F)ccc3n2)ccc1N1CCn2ncc(CN3CCOCC3)c2C1=O. The van der Waals surface area contributed by atoms with Crippen molar-refractivity contribution in [1.29, 1.82) is 0 Å². The number of fused-ring (bicyclic) bond motifs is 2. The number of benzene rings is 2. The first-order chi connectivity index (χ1) is 18.3. The number of aryl methyl sites for hydroxylation is 1. The van der Waals surface area contributed by atoms with Gasteiger partial charge in [-0.05, 0) is 48.9 Å². The van der Waals surface area contributed by atoms with E-state index in [-0.39, 0.29) is 5.91 Å². The van der Waals surface area contributed by atoms with Crippen LogP contribution in [0.4, 0.5) is 18.9 Å². The number of nitrogens with zero attached hydrogens (tertiary/aromatic N) is 6. The van der Waals surface area contributed by atoms with Gasteiger partial charge in [-0.15, -0.1) is 0 Å². The number of rotatable bonds is 4. The molecule has 2 aromatic carbocycles. The lowest BCUT2D eigenvalue weighted by Gasteiger charge is -2.31. The second kappa shape index (κ2) is 9.48. The Bertz CT molecular complexity index is 1530. The Morgan fingerprint density at radius 2 is 1.82 bits per heavy atom. The van der Waals surface area contributed by atoms with Gasteiger partial charge in [0.2, 0.25) is 0 Å². The van der Waals surface area contributed by atoms with Crippen molar-refractivity contribution < 1.29 is 22.7 Å². The third-order valence-electron chi connectivity index (χ3n) is 7.05. The van der Waals surface area contributed by atoms with E-state index in [0.29, 0.717) is 55.3 Å². The Balaban J connectivity index is 1.26. The molecule has 0 saturated carbocycles. The molecule has 1 amide bonds. The van der Waals surface area contributed by atoms with Gasteiger partial charge in [0, 0.05) is 54.6 Å². The highest BCUT2D eigenvalue weighted by atomic mass is 19.4. The van der Waals surface area contributed by atoms with Crippen LogP contribution in [0.25, 0.3) is 22.3 Å². The van der Waals surface area contributed by atoms with Crippen molar-refractivity contribution in [3.63, 3.8) is 0 Å². The second-order valence-electron chi connectivity index (χ2n) is 9.55. The van der Waals surface area contributed by atoms with Crippen molar-refractivity contribution in [3.8, 4) is 11.4 Å². The van der Waals surface area contributed by atoms with Crippen LogP contribution in [0.5, 0.6) is 0 Å². The highest BCUT2D eigenvalue weighted by Crippen LogP contribution is 2.32. The summed E-state index contributed by atoms with van der Waals surface area (Å²) in [6.45, 7) is 6.68. The summed E-state index contributed by atoms with van der Waals surface area (Å²) in [4.78, 5) is 26.4. The highest BCUT2D eigenvalue weighted by Gasteiger charge is 2.32. The largest absolute Gasteiger partial charge is 0.416 e. The molecule has 6 rings (SSSR count). The van der Waals surface area contributed by atoms with E-state index in [1.165, 1.54) is 12.3 Å². The number of ether oxygens (including phenoxy) is 1. The van der Waals surface area contributed by atoms with Crippen molar-refractivity contribution in [2.75, 3.05) is 37.7 Å². The molecule has 2 aromatic heterocycles. The fourth-order valence-corrected chi connectivity index (χ4v) is 5.06. The number of hydrogen-bond acceptors (Lipinski definition) is 6. The van der Waals surface area contributed by atoms with Gasteiger partial charge < -0.3 is 9.64 Å². The number of carbonyl (C=O) groups is 1. The molecule has 4 heterocycles. The van der Waals surface area contributed by atoms with Crippen molar-refractivity contribution in [2.45, 2.75) is 26.2 Å². The molecule has 38 heavy (non-hydrogen) atoms. The van der Waals surface area contributed by atoms with Gasteiger partial charge in [-0.3, -0.25) is 14.4 Å². The first-order valence-corrected chi connectivity index (χ1v) is 12.4. The first kappa shape index (κ1) is 24.5. The summed E-state index contributed by atoms with van der Waals surface area (Å²) in [5, 5.41) is 4.77. The zero-order valence-corrected chi connectivity index (χ0v) is 20.7.